The molecule has 0 spiro atoms. The van der Waals surface area contributed by atoms with E-state index in [0.717, 1.165) is 25.7 Å². The molecule has 0 aliphatic heterocycles. The van der Waals surface area contributed by atoms with E-state index in [1.165, 1.54) is 0 Å². The second-order valence-electron chi connectivity index (χ2n) is 5.35. The van der Waals surface area contributed by atoms with Gasteiger partial charge in [0.2, 0.25) is 0 Å². The summed E-state index contributed by atoms with van der Waals surface area (Å²) in [4.78, 5) is 12.1. The molecule has 3 nitrogen and oxygen atoms in total. The van der Waals surface area contributed by atoms with Gasteiger partial charge in [-0.3, -0.25) is 4.79 Å². The SMILES string of the molecule is CO[C@@H]1CC2(C#N)CC3CC1C(=O)[C@@H]2C3. The number of fused-ring (bicyclic) bond motifs is 2. The zero-order valence-corrected chi connectivity index (χ0v) is 8.90. The van der Waals surface area contributed by atoms with Crippen LogP contribution in [0.4, 0.5) is 0 Å². The molecule has 3 aliphatic rings. The zero-order valence-electron chi connectivity index (χ0n) is 8.90. The number of nitriles is 1. The van der Waals surface area contributed by atoms with Crippen molar-refractivity contribution in [3.05, 3.63) is 0 Å². The number of carbonyl (C=O) groups is 1. The molecule has 5 atom stereocenters. The van der Waals surface area contributed by atoms with E-state index < -0.39 is 0 Å². The van der Waals surface area contributed by atoms with Crippen molar-refractivity contribution < 1.29 is 9.53 Å². The lowest BCUT2D eigenvalue weighted by Crippen LogP contribution is -2.48. The minimum absolute atomic E-state index is 0.00120. The van der Waals surface area contributed by atoms with Crippen LogP contribution in [0.1, 0.15) is 25.7 Å². The number of methoxy groups -OCH3 is 1. The van der Waals surface area contributed by atoms with Gasteiger partial charge in [-0.05, 0) is 31.6 Å². The summed E-state index contributed by atoms with van der Waals surface area (Å²) >= 11 is 0. The van der Waals surface area contributed by atoms with Gasteiger partial charge in [-0.1, -0.05) is 0 Å². The molecule has 3 saturated carbocycles. The normalized spacial score (nSPS) is 51.9. The lowest BCUT2D eigenvalue weighted by Gasteiger charge is -2.41. The van der Waals surface area contributed by atoms with Crippen molar-refractivity contribution in [2.45, 2.75) is 31.8 Å². The topological polar surface area (TPSA) is 50.1 Å². The summed E-state index contributed by atoms with van der Waals surface area (Å²) < 4.78 is 5.40. The van der Waals surface area contributed by atoms with Gasteiger partial charge >= 0.3 is 0 Å². The van der Waals surface area contributed by atoms with Gasteiger partial charge in [0, 0.05) is 18.9 Å². The molecule has 3 aliphatic carbocycles. The van der Waals surface area contributed by atoms with Gasteiger partial charge in [-0.25, -0.2) is 0 Å². The highest BCUT2D eigenvalue weighted by Crippen LogP contribution is 2.60. The molecule has 0 heterocycles. The van der Waals surface area contributed by atoms with Gasteiger partial charge in [-0.2, -0.15) is 5.26 Å². The number of ether oxygens (including phenoxy) is 1. The van der Waals surface area contributed by atoms with Crippen molar-refractivity contribution in [2.24, 2.45) is 23.2 Å². The fourth-order valence-electron chi connectivity index (χ4n) is 4.08. The Morgan fingerprint density at radius 1 is 1.47 bits per heavy atom. The summed E-state index contributed by atoms with van der Waals surface area (Å²) in [6.45, 7) is 0. The van der Waals surface area contributed by atoms with Crippen molar-refractivity contribution in [3.8, 4) is 6.07 Å². The Bertz CT molecular complexity index is 359. The zero-order chi connectivity index (χ0) is 10.6. The van der Waals surface area contributed by atoms with E-state index in [4.69, 9.17) is 4.74 Å². The Kier molecular flexibility index (Phi) is 1.76. The third-order valence-electron chi connectivity index (χ3n) is 4.72. The fraction of sp³-hybridized carbons (Fsp3) is 0.833. The molecule has 15 heavy (non-hydrogen) atoms. The Hall–Kier alpha value is -0.880. The Balaban J connectivity index is 2.06. The van der Waals surface area contributed by atoms with E-state index in [1.807, 2.05) is 0 Å². The summed E-state index contributed by atoms with van der Waals surface area (Å²) in [5, 5.41) is 9.36. The predicted octanol–water partition coefficient (Wildman–Crippen LogP) is 1.53. The maximum absolute atomic E-state index is 12.1. The minimum atomic E-state index is -0.380. The van der Waals surface area contributed by atoms with Gasteiger partial charge < -0.3 is 4.74 Å². The quantitative estimate of drug-likeness (QED) is 0.652. The molecule has 0 radical (unpaired) electrons. The van der Waals surface area contributed by atoms with E-state index in [9.17, 15) is 10.1 Å². The standard InChI is InChI=1S/C12H15NO2/c1-15-10-5-12(6-13)4-7-2-8(10)11(14)9(12)3-7/h7-10H,2-5H2,1H3/t7?,8?,9-,10+,12?/m0/s1. The summed E-state index contributed by atoms with van der Waals surface area (Å²) in [6.07, 6.45) is 3.61. The van der Waals surface area contributed by atoms with Crippen molar-refractivity contribution in [2.75, 3.05) is 7.11 Å². The van der Waals surface area contributed by atoms with Crippen LogP contribution in [-0.2, 0) is 9.53 Å². The lowest BCUT2D eigenvalue weighted by molar-refractivity contribution is -0.143. The molecule has 3 fully saturated rings. The molecule has 0 aromatic rings. The molecule has 0 amide bonds. The Morgan fingerprint density at radius 3 is 2.93 bits per heavy atom. The van der Waals surface area contributed by atoms with Crippen LogP contribution in [-0.4, -0.2) is 19.0 Å². The third kappa shape index (κ3) is 1.01. The van der Waals surface area contributed by atoms with Crippen LogP contribution in [0.5, 0.6) is 0 Å². The van der Waals surface area contributed by atoms with Crippen LogP contribution in [0, 0.1) is 34.5 Å². The van der Waals surface area contributed by atoms with Crippen LogP contribution < -0.4 is 0 Å². The van der Waals surface area contributed by atoms with Crippen molar-refractivity contribution in [3.63, 3.8) is 0 Å². The van der Waals surface area contributed by atoms with Crippen LogP contribution in [0.2, 0.25) is 0 Å². The highest BCUT2D eigenvalue weighted by molar-refractivity contribution is 5.87. The molecule has 0 N–H and O–H groups in total. The molecule has 3 rings (SSSR count). The van der Waals surface area contributed by atoms with Crippen LogP contribution in [0.15, 0.2) is 0 Å². The second-order valence-corrected chi connectivity index (χ2v) is 5.35. The van der Waals surface area contributed by atoms with E-state index in [2.05, 4.69) is 6.07 Å². The summed E-state index contributed by atoms with van der Waals surface area (Å²) in [5.41, 5.74) is -0.380. The third-order valence-corrected chi connectivity index (χ3v) is 4.72. The molecule has 3 unspecified atom stereocenters. The molecular formula is C12H15NO2. The van der Waals surface area contributed by atoms with Gasteiger partial charge in [0.1, 0.15) is 5.78 Å². The molecule has 0 aromatic carbocycles. The average molecular weight is 205 g/mol. The van der Waals surface area contributed by atoms with Crippen LogP contribution in [0.25, 0.3) is 0 Å². The number of rotatable bonds is 1. The number of ketones is 1. The molecule has 0 aromatic heterocycles. The van der Waals surface area contributed by atoms with Gasteiger partial charge in [0.05, 0.1) is 17.6 Å². The van der Waals surface area contributed by atoms with Crippen LogP contribution >= 0.6 is 0 Å². The van der Waals surface area contributed by atoms with E-state index in [1.54, 1.807) is 7.11 Å². The maximum atomic E-state index is 12.1. The first-order chi connectivity index (χ1) is 7.20. The first-order valence-corrected chi connectivity index (χ1v) is 5.68. The van der Waals surface area contributed by atoms with Crippen molar-refractivity contribution >= 4 is 5.78 Å². The molecule has 0 saturated heterocycles. The largest absolute Gasteiger partial charge is 0.381 e. The van der Waals surface area contributed by atoms with E-state index in [0.29, 0.717) is 11.7 Å². The smallest absolute Gasteiger partial charge is 0.143 e. The molecule has 80 valence electrons. The average Bonchev–Trinajstić information content (AvgIpc) is 2.46. The molecular weight excluding hydrogens is 190 g/mol. The van der Waals surface area contributed by atoms with E-state index in [-0.39, 0.29) is 23.4 Å². The second kappa shape index (κ2) is 2.82. The van der Waals surface area contributed by atoms with Gasteiger partial charge in [-0.15, -0.1) is 0 Å². The highest BCUT2D eigenvalue weighted by atomic mass is 16.5. The number of nitrogens with zero attached hydrogens (tertiary/aromatic N) is 1. The number of hydrogen-bond acceptors (Lipinski definition) is 3. The number of hydrogen-bond donors (Lipinski definition) is 0. The highest BCUT2D eigenvalue weighted by Gasteiger charge is 2.62. The molecule has 3 bridgehead atoms. The van der Waals surface area contributed by atoms with Gasteiger partial charge in [0.15, 0.2) is 0 Å². The molecule has 3 heteroatoms. The van der Waals surface area contributed by atoms with Crippen molar-refractivity contribution in [1.29, 1.82) is 5.26 Å². The fourth-order valence-corrected chi connectivity index (χ4v) is 4.08. The van der Waals surface area contributed by atoms with Crippen molar-refractivity contribution in [1.82, 2.24) is 0 Å². The maximum Gasteiger partial charge on any atom is 0.143 e. The monoisotopic (exact) mass is 205 g/mol. The van der Waals surface area contributed by atoms with Crippen LogP contribution in [0.3, 0.4) is 0 Å². The summed E-state index contributed by atoms with van der Waals surface area (Å²) in [7, 11) is 1.66. The first-order valence-electron chi connectivity index (χ1n) is 5.68. The lowest BCUT2D eigenvalue weighted by atomic mass is 9.63. The predicted molar refractivity (Wildman–Crippen MR) is 52.8 cm³/mol. The summed E-state index contributed by atoms with van der Waals surface area (Å²) in [6, 6.07) is 2.43. The summed E-state index contributed by atoms with van der Waals surface area (Å²) in [5.74, 6) is 1.02. The Labute approximate surface area is 89.4 Å². The minimum Gasteiger partial charge on any atom is -0.381 e. The number of carbonyl (C=O) groups excluding carboxylic acids is 1. The van der Waals surface area contributed by atoms with E-state index >= 15 is 0 Å². The van der Waals surface area contributed by atoms with Gasteiger partial charge in [0.25, 0.3) is 0 Å². The number of Topliss-reactive ketones (excluding diaryl/α,β-unsaturated/α-hetero) is 1. The first kappa shape index (κ1) is 9.35. The Morgan fingerprint density at radius 2 is 2.27 bits per heavy atom.